The molecule has 26 heavy (non-hydrogen) atoms. The molecular formula is C20H21NO4S. The van der Waals surface area contributed by atoms with Crippen molar-refractivity contribution in [2.24, 2.45) is 0 Å². The predicted molar refractivity (Wildman–Crippen MR) is 101 cm³/mol. The van der Waals surface area contributed by atoms with Crippen LogP contribution in [0.1, 0.15) is 24.0 Å². The maximum absolute atomic E-state index is 12.8. The summed E-state index contributed by atoms with van der Waals surface area (Å²) in [5.74, 6) is -1.22. The average molecular weight is 371 g/mol. The van der Waals surface area contributed by atoms with Crippen molar-refractivity contribution in [3.8, 4) is 5.75 Å². The molecule has 1 amide bonds. The molecule has 136 valence electrons. The highest BCUT2D eigenvalue weighted by molar-refractivity contribution is 7.98. The lowest BCUT2D eigenvalue weighted by Crippen LogP contribution is -2.45. The first-order valence-corrected chi connectivity index (χ1v) is 9.62. The molecular weight excluding hydrogens is 350 g/mol. The molecule has 3 rings (SSSR count). The third-order valence-electron chi connectivity index (χ3n) is 4.52. The highest BCUT2D eigenvalue weighted by Gasteiger charge is 2.34. The number of carbonyl (C=O) groups excluding carboxylic acids is 1. The number of carboxylic acid groups (broad SMARTS) is 1. The van der Waals surface area contributed by atoms with E-state index in [1.807, 2.05) is 54.8 Å². The molecule has 2 aromatic rings. The monoisotopic (exact) mass is 371 g/mol. The van der Waals surface area contributed by atoms with Crippen LogP contribution in [-0.2, 0) is 16.1 Å². The number of carboxylic acids is 1. The lowest BCUT2D eigenvalue weighted by atomic mass is 9.89. The van der Waals surface area contributed by atoms with Crippen molar-refractivity contribution in [2.75, 3.05) is 12.8 Å². The Labute approximate surface area is 157 Å². The van der Waals surface area contributed by atoms with Crippen LogP contribution in [0.5, 0.6) is 5.75 Å². The lowest BCUT2D eigenvalue weighted by Gasteiger charge is -2.34. The van der Waals surface area contributed by atoms with Crippen LogP contribution < -0.4 is 4.74 Å². The quantitative estimate of drug-likeness (QED) is 0.816. The summed E-state index contributed by atoms with van der Waals surface area (Å²) in [6, 6.07) is 14.9. The molecule has 1 aliphatic heterocycles. The fourth-order valence-corrected chi connectivity index (χ4v) is 3.56. The number of hydrogen-bond donors (Lipinski definition) is 1. The van der Waals surface area contributed by atoms with Crippen LogP contribution in [-0.4, -0.2) is 40.8 Å². The summed E-state index contributed by atoms with van der Waals surface area (Å²) in [5, 5.41) is 9.54. The SMILES string of the molecule is CSc1ccc(OC(C)C(=O)N2Cc3ccccc3C(C(=O)O)C2)cc1. The van der Waals surface area contributed by atoms with Gasteiger partial charge in [-0.15, -0.1) is 11.8 Å². The zero-order valence-electron chi connectivity index (χ0n) is 14.7. The van der Waals surface area contributed by atoms with Crippen molar-refractivity contribution in [1.29, 1.82) is 0 Å². The van der Waals surface area contributed by atoms with Gasteiger partial charge in [0.15, 0.2) is 6.10 Å². The van der Waals surface area contributed by atoms with Crippen LogP contribution >= 0.6 is 11.8 Å². The summed E-state index contributed by atoms with van der Waals surface area (Å²) in [5.41, 5.74) is 1.65. The predicted octanol–water partition coefficient (Wildman–Crippen LogP) is 3.39. The molecule has 0 fully saturated rings. The first-order valence-electron chi connectivity index (χ1n) is 8.39. The topological polar surface area (TPSA) is 66.8 Å². The van der Waals surface area contributed by atoms with E-state index in [4.69, 9.17) is 4.74 Å². The van der Waals surface area contributed by atoms with Crippen molar-refractivity contribution in [1.82, 2.24) is 4.90 Å². The van der Waals surface area contributed by atoms with Gasteiger partial charge in [0.2, 0.25) is 0 Å². The van der Waals surface area contributed by atoms with Gasteiger partial charge >= 0.3 is 5.97 Å². The van der Waals surface area contributed by atoms with Crippen molar-refractivity contribution in [2.45, 2.75) is 30.4 Å². The maximum Gasteiger partial charge on any atom is 0.312 e. The number of nitrogens with zero attached hydrogens (tertiary/aromatic N) is 1. The second-order valence-corrected chi connectivity index (χ2v) is 7.12. The van der Waals surface area contributed by atoms with E-state index < -0.39 is 18.0 Å². The van der Waals surface area contributed by atoms with Crippen LogP contribution in [0, 0.1) is 0 Å². The molecule has 0 bridgehead atoms. The Kier molecular flexibility index (Phi) is 5.52. The second kappa shape index (κ2) is 7.83. The minimum atomic E-state index is -0.920. The van der Waals surface area contributed by atoms with Gasteiger partial charge in [-0.2, -0.15) is 0 Å². The molecule has 1 heterocycles. The average Bonchev–Trinajstić information content (AvgIpc) is 2.66. The molecule has 2 aromatic carbocycles. The number of hydrogen-bond acceptors (Lipinski definition) is 4. The Balaban J connectivity index is 1.73. The van der Waals surface area contributed by atoms with Crippen LogP contribution in [0.25, 0.3) is 0 Å². The van der Waals surface area contributed by atoms with Gasteiger partial charge in [0.1, 0.15) is 5.75 Å². The summed E-state index contributed by atoms with van der Waals surface area (Å²) in [4.78, 5) is 27.1. The first kappa shape index (κ1) is 18.3. The molecule has 0 radical (unpaired) electrons. The summed E-state index contributed by atoms with van der Waals surface area (Å²) in [6.07, 6.45) is 1.31. The Morgan fingerprint density at radius 1 is 1.19 bits per heavy atom. The number of fused-ring (bicyclic) bond motifs is 1. The summed E-state index contributed by atoms with van der Waals surface area (Å²) in [6.45, 7) is 2.25. The maximum atomic E-state index is 12.8. The van der Waals surface area contributed by atoms with Gasteiger partial charge in [0.05, 0.1) is 5.92 Å². The van der Waals surface area contributed by atoms with Gasteiger partial charge in [-0.1, -0.05) is 24.3 Å². The number of benzene rings is 2. The Hall–Kier alpha value is -2.47. The lowest BCUT2D eigenvalue weighted by molar-refractivity contribution is -0.143. The Bertz CT molecular complexity index is 806. The zero-order valence-corrected chi connectivity index (χ0v) is 15.5. The molecule has 2 atom stereocenters. The third kappa shape index (κ3) is 3.85. The van der Waals surface area contributed by atoms with Gasteiger partial charge < -0.3 is 14.7 Å². The van der Waals surface area contributed by atoms with Gasteiger partial charge in [0.25, 0.3) is 5.91 Å². The van der Waals surface area contributed by atoms with E-state index in [9.17, 15) is 14.7 Å². The summed E-state index contributed by atoms with van der Waals surface area (Å²) in [7, 11) is 0. The van der Waals surface area contributed by atoms with Crippen molar-refractivity contribution >= 4 is 23.6 Å². The van der Waals surface area contributed by atoms with Gasteiger partial charge in [-0.25, -0.2) is 0 Å². The normalized spacial score (nSPS) is 17.3. The molecule has 0 saturated carbocycles. The fraction of sp³-hybridized carbons (Fsp3) is 0.300. The Morgan fingerprint density at radius 2 is 1.88 bits per heavy atom. The highest BCUT2D eigenvalue weighted by atomic mass is 32.2. The zero-order chi connectivity index (χ0) is 18.7. The molecule has 6 heteroatoms. The Morgan fingerprint density at radius 3 is 2.54 bits per heavy atom. The molecule has 1 N–H and O–H groups in total. The molecule has 2 unspecified atom stereocenters. The van der Waals surface area contributed by atoms with E-state index in [2.05, 4.69) is 0 Å². The number of rotatable bonds is 5. The largest absolute Gasteiger partial charge is 0.481 e. The van der Waals surface area contributed by atoms with Gasteiger partial charge in [-0.05, 0) is 48.6 Å². The van der Waals surface area contributed by atoms with E-state index >= 15 is 0 Å². The first-order chi connectivity index (χ1) is 12.5. The van der Waals surface area contributed by atoms with Crippen LogP contribution in [0.4, 0.5) is 0 Å². The molecule has 0 aliphatic carbocycles. The van der Waals surface area contributed by atoms with Crippen LogP contribution in [0.3, 0.4) is 0 Å². The fourth-order valence-electron chi connectivity index (χ4n) is 3.15. The van der Waals surface area contributed by atoms with Crippen molar-refractivity contribution < 1.29 is 19.4 Å². The minimum Gasteiger partial charge on any atom is -0.481 e. The van der Waals surface area contributed by atoms with Gasteiger partial charge in [0, 0.05) is 18.0 Å². The molecule has 0 saturated heterocycles. The second-order valence-electron chi connectivity index (χ2n) is 6.24. The van der Waals surface area contributed by atoms with E-state index in [0.29, 0.717) is 12.3 Å². The smallest absolute Gasteiger partial charge is 0.312 e. The molecule has 5 nitrogen and oxygen atoms in total. The standard InChI is InChI=1S/C20H21NO4S/c1-13(25-15-7-9-16(26-2)10-8-15)19(22)21-11-14-5-3-4-6-17(14)18(12-21)20(23)24/h3-10,13,18H,11-12H2,1-2H3,(H,23,24). The van der Waals surface area contributed by atoms with Gasteiger partial charge in [-0.3, -0.25) is 9.59 Å². The number of carbonyl (C=O) groups is 2. The number of aliphatic carboxylic acids is 1. The van der Waals surface area contributed by atoms with E-state index in [-0.39, 0.29) is 12.5 Å². The summed E-state index contributed by atoms with van der Waals surface area (Å²) >= 11 is 1.64. The third-order valence-corrected chi connectivity index (χ3v) is 5.27. The molecule has 0 aromatic heterocycles. The van der Waals surface area contributed by atoms with Crippen LogP contribution in [0.15, 0.2) is 53.4 Å². The van der Waals surface area contributed by atoms with E-state index in [0.717, 1.165) is 16.0 Å². The minimum absolute atomic E-state index is 0.157. The number of thioether (sulfide) groups is 1. The molecule has 1 aliphatic rings. The van der Waals surface area contributed by atoms with Crippen LogP contribution in [0.2, 0.25) is 0 Å². The van der Waals surface area contributed by atoms with E-state index in [1.54, 1.807) is 23.6 Å². The molecule has 0 spiro atoms. The van der Waals surface area contributed by atoms with E-state index in [1.165, 1.54) is 0 Å². The number of amides is 1. The van der Waals surface area contributed by atoms with Crippen molar-refractivity contribution in [3.63, 3.8) is 0 Å². The van der Waals surface area contributed by atoms with Crippen molar-refractivity contribution in [3.05, 3.63) is 59.7 Å². The number of ether oxygens (including phenoxy) is 1. The highest BCUT2D eigenvalue weighted by Crippen LogP contribution is 2.29. The summed E-state index contributed by atoms with van der Waals surface area (Å²) < 4.78 is 5.76.